The van der Waals surface area contributed by atoms with Gasteiger partial charge < -0.3 is 47.4 Å². The number of nitrogen functional groups attached to an aromatic ring is 1. The second kappa shape index (κ2) is 29.9. The Bertz CT molecular complexity index is 3360. The van der Waals surface area contributed by atoms with Crippen LogP contribution in [0.3, 0.4) is 0 Å². The summed E-state index contributed by atoms with van der Waals surface area (Å²) in [6, 6.07) is 18.7. The summed E-state index contributed by atoms with van der Waals surface area (Å²) in [5, 5.41) is 42.0. The van der Waals surface area contributed by atoms with Gasteiger partial charge in [-0.05, 0) is 61.4 Å². The third-order valence-electron chi connectivity index (χ3n) is 13.0. The third kappa shape index (κ3) is 17.1. The van der Waals surface area contributed by atoms with Crippen LogP contribution in [-0.4, -0.2) is 141 Å². The van der Waals surface area contributed by atoms with Gasteiger partial charge in [-0.15, -0.1) is 5.10 Å². The number of hydrogen-bond donors (Lipinski definition) is 9. The van der Waals surface area contributed by atoms with Gasteiger partial charge in [-0.3, -0.25) is 38.5 Å². The highest BCUT2D eigenvalue weighted by atomic mass is 33.1. The summed E-state index contributed by atoms with van der Waals surface area (Å²) in [5.41, 5.74) is 11.1. The number of carbonyl (C=O) groups excluding carboxylic acids is 6. The highest BCUT2D eigenvalue weighted by Gasteiger charge is 2.30. The Labute approximate surface area is 482 Å². The molecule has 5 amide bonds. The minimum atomic E-state index is -1.46. The molecule has 3 aromatic heterocycles. The molecule has 7 rings (SSSR count). The van der Waals surface area contributed by atoms with Crippen LogP contribution in [0.15, 0.2) is 83.8 Å². The number of H-pyrrole nitrogens is 1. The number of aryl methyl sites for hydroxylation is 1. The second-order valence-electron chi connectivity index (χ2n) is 18.9. The van der Waals surface area contributed by atoms with Crippen molar-refractivity contribution in [2.45, 2.75) is 76.5 Å². The number of hydrogen-bond acceptors (Lipinski definition) is 19. The fraction of sp³-hybridized carbons (Fsp3) is 0.370. The van der Waals surface area contributed by atoms with E-state index in [-0.39, 0.29) is 111 Å². The number of amides is 5. The van der Waals surface area contributed by atoms with Crippen LogP contribution < -0.4 is 42.8 Å². The molecule has 28 heteroatoms. The molecule has 10 N–H and O–H groups in total. The van der Waals surface area contributed by atoms with Crippen molar-refractivity contribution in [2.75, 3.05) is 52.6 Å². The number of aliphatic carboxylic acids is 2. The molecular weight excluding hydrogens is 1120 g/mol. The molecule has 0 fully saturated rings. The maximum Gasteiger partial charge on any atom is 0.327 e. The van der Waals surface area contributed by atoms with E-state index >= 15 is 0 Å². The molecule has 0 aliphatic carbocycles. The third-order valence-corrected chi connectivity index (χ3v) is 16.1. The van der Waals surface area contributed by atoms with Gasteiger partial charge >= 0.3 is 11.9 Å². The van der Waals surface area contributed by atoms with Crippen molar-refractivity contribution in [3.05, 3.63) is 106 Å². The standard InChI is InChI=1S/C54H62N14O11S3/c1-67-47-37-10-4-3-8-33(37)29-68(41-12-6-5-11-38(41)45(47)65-66-67)44(72)20-19-42(70)57-23-25-82-81-24-21-43(71)56-22-7-9-32(50(74)62-40(30-80-2)53(78)79)26-36(69)17-18-39(52(76)77)61-49(73)31-13-15-34(16-14-31)58-27-35-28-59-48-46(60-35)51(75)64-54(55)63-48/h3-6,8,10-16,28,32,39-40,58H,7,9,17-27,29-30H2,1-2H3,(H,56,71)(H,57,70)(H,61,73)(H,62,74)(H,76,77)(H,78,79)(H3,55,59,63,64,75)/t32?,39-,40-/m0/s1. The lowest BCUT2D eigenvalue weighted by Gasteiger charge is -2.28. The average molecular weight is 1180 g/mol. The van der Waals surface area contributed by atoms with Crippen LogP contribution in [0.2, 0.25) is 0 Å². The molecule has 0 radical (unpaired) electrons. The van der Waals surface area contributed by atoms with Crippen LogP contribution in [0.25, 0.3) is 33.7 Å². The predicted octanol–water partition coefficient (Wildman–Crippen LogP) is 3.95. The van der Waals surface area contributed by atoms with Gasteiger partial charge in [0, 0.05) is 97.8 Å². The van der Waals surface area contributed by atoms with Crippen LogP contribution in [0.5, 0.6) is 0 Å². The number of Topliss-reactive ketones (excluding diaryl/α,β-unsaturated/α-hetero) is 1. The first-order valence-corrected chi connectivity index (χ1v) is 30.0. The molecular formula is C54H62N14O11S3. The van der Waals surface area contributed by atoms with Gasteiger partial charge in [-0.2, -0.15) is 16.7 Å². The minimum Gasteiger partial charge on any atom is -0.480 e. The highest BCUT2D eigenvalue weighted by Crippen LogP contribution is 2.41. The summed E-state index contributed by atoms with van der Waals surface area (Å²) >= 11 is 1.21. The van der Waals surface area contributed by atoms with Gasteiger partial charge in [-0.1, -0.05) is 69.3 Å². The number of aromatic nitrogens is 7. The maximum atomic E-state index is 13.8. The van der Waals surface area contributed by atoms with E-state index < -0.39 is 53.1 Å². The number of carboxylic acid groups (broad SMARTS) is 2. The maximum absolute atomic E-state index is 13.8. The van der Waals surface area contributed by atoms with Crippen molar-refractivity contribution in [1.29, 1.82) is 0 Å². The van der Waals surface area contributed by atoms with Crippen LogP contribution in [0, 0.1) is 5.92 Å². The van der Waals surface area contributed by atoms with Gasteiger partial charge in [0.1, 0.15) is 23.6 Å². The number of carbonyl (C=O) groups is 8. The monoisotopic (exact) mass is 1180 g/mol. The van der Waals surface area contributed by atoms with Crippen molar-refractivity contribution >= 4 is 109 Å². The van der Waals surface area contributed by atoms with E-state index in [4.69, 9.17) is 5.73 Å². The van der Waals surface area contributed by atoms with Gasteiger partial charge in [-0.25, -0.2) is 24.2 Å². The molecule has 1 aliphatic heterocycles. The van der Waals surface area contributed by atoms with E-state index in [9.17, 15) is 53.4 Å². The number of anilines is 3. The zero-order valence-corrected chi connectivity index (χ0v) is 47.3. The minimum absolute atomic E-state index is 0.00121. The number of nitrogens with one attached hydrogen (secondary N) is 6. The summed E-state index contributed by atoms with van der Waals surface area (Å²) in [5.74, 6) is -5.21. The lowest BCUT2D eigenvalue weighted by atomic mass is 9.93. The zero-order valence-electron chi connectivity index (χ0n) is 44.8. The number of nitrogens with zero attached hydrogens (tertiary/aromatic N) is 7. The van der Waals surface area contributed by atoms with Crippen LogP contribution >= 0.6 is 33.3 Å². The second-order valence-corrected chi connectivity index (χ2v) is 22.5. The Kier molecular flexibility index (Phi) is 22.3. The van der Waals surface area contributed by atoms with E-state index in [2.05, 4.69) is 56.8 Å². The summed E-state index contributed by atoms with van der Waals surface area (Å²) in [6.07, 6.45) is 2.70. The molecule has 4 heterocycles. The molecule has 0 saturated carbocycles. The molecule has 82 heavy (non-hydrogen) atoms. The quantitative estimate of drug-likeness (QED) is 0.0228. The number of fused-ring (bicyclic) bond motifs is 6. The lowest BCUT2D eigenvalue weighted by molar-refractivity contribution is -0.142. The zero-order chi connectivity index (χ0) is 58.7. The van der Waals surface area contributed by atoms with Gasteiger partial charge in [0.15, 0.2) is 11.2 Å². The number of rotatable bonds is 30. The number of ketones is 1. The van der Waals surface area contributed by atoms with E-state index in [1.165, 1.54) is 51.7 Å². The molecule has 1 aliphatic rings. The van der Waals surface area contributed by atoms with E-state index in [1.807, 2.05) is 55.6 Å². The predicted molar refractivity (Wildman–Crippen MR) is 312 cm³/mol. The largest absolute Gasteiger partial charge is 0.480 e. The van der Waals surface area contributed by atoms with Crippen molar-refractivity contribution in [3.63, 3.8) is 0 Å². The molecule has 1 unspecified atom stereocenters. The van der Waals surface area contributed by atoms with Crippen LogP contribution in [-0.2, 0) is 53.7 Å². The van der Waals surface area contributed by atoms with Gasteiger partial charge in [0.25, 0.3) is 11.5 Å². The summed E-state index contributed by atoms with van der Waals surface area (Å²) in [6.45, 7) is 0.989. The average Bonchev–Trinajstić information content (AvgIpc) is 3.15. The normalized spacial score (nSPS) is 12.7. The van der Waals surface area contributed by atoms with Gasteiger partial charge in [0.05, 0.1) is 36.4 Å². The first-order chi connectivity index (χ1) is 39.5. The van der Waals surface area contributed by atoms with E-state index in [0.717, 1.165) is 22.4 Å². The smallest absolute Gasteiger partial charge is 0.327 e. The number of carboxylic acids is 2. The molecule has 6 aromatic rings. The topological polar surface area (TPSA) is 369 Å². The first kappa shape index (κ1) is 61.3. The molecule has 432 valence electrons. The van der Waals surface area contributed by atoms with Crippen molar-refractivity contribution < 1.29 is 48.6 Å². The lowest BCUT2D eigenvalue weighted by Crippen LogP contribution is -2.45. The van der Waals surface area contributed by atoms with E-state index in [0.29, 0.717) is 47.4 Å². The van der Waals surface area contributed by atoms with Crippen LogP contribution in [0.1, 0.15) is 73.0 Å². The SMILES string of the molecule is CSC[C@H](NC(=O)C(CCCNC(=O)CCSSCCNC(=O)CCC(=O)N1Cc2ccccc2-c2c(nnn2C)-c2ccccc21)CC(=O)CC[C@H](NC(=O)c1ccc(NCc2cnc3nc(N)[nH]c(=O)c3n2)cc1)C(=O)O)C(=O)O. The number of aromatic amines is 1. The van der Waals surface area contributed by atoms with Crippen molar-refractivity contribution in [2.24, 2.45) is 13.0 Å². The number of thioether (sulfide) groups is 1. The Morgan fingerprint density at radius 1 is 0.793 bits per heavy atom. The summed E-state index contributed by atoms with van der Waals surface area (Å²) in [7, 11) is 4.77. The van der Waals surface area contributed by atoms with Crippen molar-refractivity contribution in [1.82, 2.24) is 56.2 Å². The Hall–Kier alpha value is -8.37. The number of nitrogens with two attached hydrogens (primary N) is 1. The molecule has 3 aromatic carbocycles. The molecule has 0 spiro atoms. The first-order valence-electron chi connectivity index (χ1n) is 26.1. The van der Waals surface area contributed by atoms with Crippen molar-refractivity contribution in [3.8, 4) is 22.5 Å². The fourth-order valence-electron chi connectivity index (χ4n) is 8.84. The molecule has 0 bridgehead atoms. The number of benzene rings is 3. The Morgan fingerprint density at radius 3 is 2.26 bits per heavy atom. The van der Waals surface area contributed by atoms with Crippen LogP contribution in [0.4, 0.5) is 17.3 Å². The molecule has 0 saturated heterocycles. The number of para-hydroxylation sites is 1. The summed E-state index contributed by atoms with van der Waals surface area (Å²) in [4.78, 5) is 132. The Balaban J connectivity index is 0.795. The molecule has 3 atom stereocenters. The van der Waals surface area contributed by atoms with E-state index in [1.54, 1.807) is 28.0 Å². The molecule has 25 nitrogen and oxygen atoms in total. The fourth-order valence-corrected chi connectivity index (χ4v) is 11.3. The highest BCUT2D eigenvalue weighted by molar-refractivity contribution is 8.76. The Morgan fingerprint density at radius 2 is 1.50 bits per heavy atom. The van der Waals surface area contributed by atoms with Gasteiger partial charge in [0.2, 0.25) is 29.6 Å². The summed E-state index contributed by atoms with van der Waals surface area (Å²) < 4.78 is 1.73.